The van der Waals surface area contributed by atoms with E-state index in [9.17, 15) is 15.2 Å². The van der Waals surface area contributed by atoms with Gasteiger partial charge in [-0.1, -0.05) is 12.8 Å². The van der Waals surface area contributed by atoms with Crippen LogP contribution in [0, 0.1) is 29.9 Å². The van der Waals surface area contributed by atoms with Gasteiger partial charge < -0.3 is 10.4 Å². The number of aliphatic hydroxyl groups excluding tert-OH is 1. The highest BCUT2D eigenvalue weighted by atomic mass is 16.6. The molecule has 1 saturated carbocycles. The molecule has 6 nitrogen and oxygen atoms in total. The van der Waals surface area contributed by atoms with Crippen molar-refractivity contribution in [3.8, 4) is 0 Å². The van der Waals surface area contributed by atoms with Crippen molar-refractivity contribution in [2.75, 3.05) is 6.61 Å². The molecule has 2 atom stereocenters. The Morgan fingerprint density at radius 3 is 2.81 bits per heavy atom. The maximum Gasteiger partial charge on any atom is 0.278 e. The first-order valence-electron chi connectivity index (χ1n) is 7.48. The van der Waals surface area contributed by atoms with Gasteiger partial charge in [0.05, 0.1) is 10.6 Å². The minimum Gasteiger partial charge on any atom is -0.396 e. The molecule has 1 aromatic rings. The van der Waals surface area contributed by atoms with Crippen molar-refractivity contribution in [1.82, 2.24) is 10.3 Å². The molecule has 2 unspecified atom stereocenters. The van der Waals surface area contributed by atoms with Crippen LogP contribution in [0.5, 0.6) is 0 Å². The van der Waals surface area contributed by atoms with Crippen molar-refractivity contribution < 1.29 is 10.0 Å². The molecule has 116 valence electrons. The SMILES string of the molecule is Cc1cnc(CNC2CCCCC2CO)c(C)c1[N+](=O)[O-]. The summed E-state index contributed by atoms with van der Waals surface area (Å²) in [6, 6.07) is 0.269. The summed E-state index contributed by atoms with van der Waals surface area (Å²) in [4.78, 5) is 15.1. The molecule has 0 radical (unpaired) electrons. The van der Waals surface area contributed by atoms with Crippen LogP contribution >= 0.6 is 0 Å². The van der Waals surface area contributed by atoms with Crippen molar-refractivity contribution in [2.45, 2.75) is 52.1 Å². The van der Waals surface area contributed by atoms with Crippen molar-refractivity contribution in [1.29, 1.82) is 0 Å². The minimum atomic E-state index is -0.340. The maximum absolute atomic E-state index is 11.1. The molecule has 1 heterocycles. The second-order valence-electron chi connectivity index (χ2n) is 5.83. The van der Waals surface area contributed by atoms with Crippen molar-refractivity contribution in [3.63, 3.8) is 0 Å². The van der Waals surface area contributed by atoms with Gasteiger partial charge >= 0.3 is 0 Å². The molecule has 2 N–H and O–H groups in total. The number of rotatable bonds is 5. The van der Waals surface area contributed by atoms with E-state index in [-0.39, 0.29) is 29.2 Å². The van der Waals surface area contributed by atoms with E-state index in [0.29, 0.717) is 17.7 Å². The third kappa shape index (κ3) is 3.57. The van der Waals surface area contributed by atoms with Crippen LogP contribution in [0.2, 0.25) is 0 Å². The molecule has 21 heavy (non-hydrogen) atoms. The molecule has 0 spiro atoms. The molecule has 2 rings (SSSR count). The van der Waals surface area contributed by atoms with Gasteiger partial charge in [-0.3, -0.25) is 15.1 Å². The number of hydrogen-bond acceptors (Lipinski definition) is 5. The monoisotopic (exact) mass is 293 g/mol. The van der Waals surface area contributed by atoms with Crippen molar-refractivity contribution >= 4 is 5.69 Å². The molecule has 0 amide bonds. The lowest BCUT2D eigenvalue weighted by Gasteiger charge is -2.31. The average molecular weight is 293 g/mol. The summed E-state index contributed by atoms with van der Waals surface area (Å²) in [5.41, 5.74) is 2.09. The molecule has 1 fully saturated rings. The molecule has 0 bridgehead atoms. The Bertz CT molecular complexity index is 519. The zero-order valence-corrected chi connectivity index (χ0v) is 12.6. The first-order valence-corrected chi connectivity index (χ1v) is 7.48. The average Bonchev–Trinajstić information content (AvgIpc) is 2.46. The maximum atomic E-state index is 11.1. The van der Waals surface area contributed by atoms with Crippen molar-refractivity contribution in [3.05, 3.63) is 33.1 Å². The van der Waals surface area contributed by atoms with Gasteiger partial charge in [0.2, 0.25) is 0 Å². The normalized spacial score (nSPS) is 22.2. The van der Waals surface area contributed by atoms with E-state index < -0.39 is 0 Å². The lowest BCUT2D eigenvalue weighted by atomic mass is 9.85. The molecule has 1 aliphatic rings. The van der Waals surface area contributed by atoms with Gasteiger partial charge in [-0.15, -0.1) is 0 Å². The third-order valence-electron chi connectivity index (χ3n) is 4.43. The second kappa shape index (κ2) is 6.95. The highest BCUT2D eigenvalue weighted by molar-refractivity contribution is 5.47. The number of aliphatic hydroxyl groups is 1. The van der Waals surface area contributed by atoms with E-state index in [0.717, 1.165) is 31.4 Å². The van der Waals surface area contributed by atoms with E-state index in [1.165, 1.54) is 0 Å². The molecule has 0 aliphatic heterocycles. The van der Waals surface area contributed by atoms with E-state index in [2.05, 4.69) is 10.3 Å². The second-order valence-corrected chi connectivity index (χ2v) is 5.83. The van der Waals surface area contributed by atoms with Gasteiger partial charge in [0, 0.05) is 36.5 Å². The van der Waals surface area contributed by atoms with E-state index in [1.807, 2.05) is 0 Å². The summed E-state index contributed by atoms with van der Waals surface area (Å²) in [5, 5.41) is 24.0. The number of aromatic nitrogens is 1. The Balaban J connectivity index is 2.09. The lowest BCUT2D eigenvalue weighted by Crippen LogP contribution is -2.40. The van der Waals surface area contributed by atoms with Gasteiger partial charge in [-0.2, -0.15) is 0 Å². The molecular weight excluding hydrogens is 270 g/mol. The quantitative estimate of drug-likeness (QED) is 0.642. The summed E-state index contributed by atoms with van der Waals surface area (Å²) in [5.74, 6) is 0.277. The summed E-state index contributed by atoms with van der Waals surface area (Å²) < 4.78 is 0. The smallest absolute Gasteiger partial charge is 0.278 e. The molecule has 0 saturated heterocycles. The van der Waals surface area contributed by atoms with Crippen LogP contribution in [-0.2, 0) is 6.54 Å². The molecular formula is C15H23N3O3. The molecule has 1 aliphatic carbocycles. The fraction of sp³-hybridized carbons (Fsp3) is 0.667. The summed E-state index contributed by atoms with van der Waals surface area (Å²) in [7, 11) is 0. The summed E-state index contributed by atoms with van der Waals surface area (Å²) >= 11 is 0. The first-order chi connectivity index (χ1) is 10.0. The molecule has 6 heteroatoms. The summed E-state index contributed by atoms with van der Waals surface area (Å²) in [6.07, 6.45) is 5.96. The van der Waals surface area contributed by atoms with Gasteiger partial charge in [0.15, 0.2) is 0 Å². The van der Waals surface area contributed by atoms with Crippen LogP contribution in [0.25, 0.3) is 0 Å². The number of nitrogens with one attached hydrogen (secondary N) is 1. The van der Waals surface area contributed by atoms with Gasteiger partial charge in [-0.05, 0) is 32.6 Å². The predicted molar refractivity (Wildman–Crippen MR) is 80.0 cm³/mol. The van der Waals surface area contributed by atoms with Gasteiger partial charge in [-0.25, -0.2) is 0 Å². The third-order valence-corrected chi connectivity index (χ3v) is 4.43. The summed E-state index contributed by atoms with van der Waals surface area (Å²) in [6.45, 7) is 4.16. The lowest BCUT2D eigenvalue weighted by molar-refractivity contribution is -0.386. The Hall–Kier alpha value is -1.53. The Labute approximate surface area is 124 Å². The molecule has 1 aromatic heterocycles. The van der Waals surface area contributed by atoms with Crippen LogP contribution in [0.1, 0.15) is 42.5 Å². The standard InChI is InChI=1S/C15H23N3O3/c1-10-7-16-14(11(2)15(10)18(20)21)8-17-13-6-4-3-5-12(13)9-19/h7,12-13,17,19H,3-6,8-9H2,1-2H3. The first kappa shape index (κ1) is 15.9. The Morgan fingerprint density at radius 1 is 1.43 bits per heavy atom. The number of pyridine rings is 1. The number of nitrogens with zero attached hydrogens (tertiary/aromatic N) is 2. The van der Waals surface area contributed by atoms with E-state index >= 15 is 0 Å². The largest absolute Gasteiger partial charge is 0.396 e. The van der Waals surface area contributed by atoms with Crippen LogP contribution < -0.4 is 5.32 Å². The predicted octanol–water partition coefficient (Wildman–Crippen LogP) is 2.25. The van der Waals surface area contributed by atoms with Gasteiger partial charge in [0.1, 0.15) is 0 Å². The highest BCUT2D eigenvalue weighted by Crippen LogP contribution is 2.26. The van der Waals surface area contributed by atoms with Crippen LogP contribution in [0.3, 0.4) is 0 Å². The number of aryl methyl sites for hydroxylation is 1. The molecule has 0 aromatic carbocycles. The van der Waals surface area contributed by atoms with Gasteiger partial charge in [0.25, 0.3) is 5.69 Å². The van der Waals surface area contributed by atoms with E-state index in [1.54, 1.807) is 20.0 Å². The topological polar surface area (TPSA) is 88.3 Å². The highest BCUT2D eigenvalue weighted by Gasteiger charge is 2.25. The van der Waals surface area contributed by atoms with Crippen LogP contribution in [-0.4, -0.2) is 27.7 Å². The number of hydrogen-bond donors (Lipinski definition) is 2. The number of nitro groups is 1. The fourth-order valence-corrected chi connectivity index (χ4v) is 3.15. The zero-order chi connectivity index (χ0) is 15.4. The van der Waals surface area contributed by atoms with E-state index in [4.69, 9.17) is 0 Å². The Kier molecular flexibility index (Phi) is 5.25. The zero-order valence-electron chi connectivity index (χ0n) is 12.6. The fourth-order valence-electron chi connectivity index (χ4n) is 3.15. The van der Waals surface area contributed by atoms with Crippen molar-refractivity contribution in [2.24, 2.45) is 5.92 Å². The Morgan fingerprint density at radius 2 is 2.14 bits per heavy atom. The van der Waals surface area contributed by atoms with Crippen LogP contribution in [0.15, 0.2) is 6.20 Å². The van der Waals surface area contributed by atoms with Crippen LogP contribution in [0.4, 0.5) is 5.69 Å². The minimum absolute atomic E-state index is 0.157.